The molecule has 1 aromatic rings. The maximum atomic E-state index is 13.2. The van der Waals surface area contributed by atoms with Crippen LogP contribution in [0, 0.1) is 5.82 Å². The molecule has 1 aliphatic heterocycles. The van der Waals surface area contributed by atoms with E-state index in [1.807, 2.05) is 6.07 Å². The lowest BCUT2D eigenvalue weighted by Crippen LogP contribution is -2.55. The van der Waals surface area contributed by atoms with Crippen LogP contribution in [0.15, 0.2) is 22.7 Å². The van der Waals surface area contributed by atoms with Crippen molar-refractivity contribution in [3.8, 4) is 0 Å². The first kappa shape index (κ1) is 15.9. The molecule has 0 amide bonds. The van der Waals surface area contributed by atoms with Gasteiger partial charge >= 0.3 is 0 Å². The van der Waals surface area contributed by atoms with Crippen LogP contribution in [0.2, 0.25) is 0 Å². The highest BCUT2D eigenvalue weighted by Gasteiger charge is 2.26. The maximum absolute atomic E-state index is 13.2. The normalized spacial score (nSPS) is 24.0. The molecule has 2 unspecified atom stereocenters. The second kappa shape index (κ2) is 7.53. The van der Waals surface area contributed by atoms with E-state index < -0.39 is 0 Å². The molecule has 0 aromatic heterocycles. The molecule has 1 fully saturated rings. The van der Waals surface area contributed by atoms with Gasteiger partial charge in [0.15, 0.2) is 0 Å². The molecule has 1 aromatic carbocycles. The van der Waals surface area contributed by atoms with Gasteiger partial charge in [-0.15, -0.1) is 0 Å². The van der Waals surface area contributed by atoms with E-state index in [9.17, 15) is 4.39 Å². The van der Waals surface area contributed by atoms with Crippen LogP contribution in [0.25, 0.3) is 0 Å². The molecule has 2 atom stereocenters. The number of nitrogens with one attached hydrogen (secondary N) is 1. The quantitative estimate of drug-likeness (QED) is 0.871. The van der Waals surface area contributed by atoms with Crippen molar-refractivity contribution in [2.24, 2.45) is 0 Å². The number of hydrogen-bond donors (Lipinski definition) is 1. The summed E-state index contributed by atoms with van der Waals surface area (Å²) in [7, 11) is 0. The van der Waals surface area contributed by atoms with Crippen LogP contribution in [0.4, 0.5) is 4.39 Å². The van der Waals surface area contributed by atoms with Crippen molar-refractivity contribution in [3.05, 3.63) is 34.1 Å². The number of rotatable bonds is 5. The molecule has 1 heterocycles. The Labute approximate surface area is 129 Å². The molecule has 2 rings (SSSR count). The first-order valence-electron chi connectivity index (χ1n) is 7.55. The Morgan fingerprint density at radius 3 is 2.85 bits per heavy atom. The zero-order valence-corrected chi connectivity index (χ0v) is 13.9. The predicted octanol–water partition coefficient (Wildman–Crippen LogP) is 3.94. The first-order valence-corrected chi connectivity index (χ1v) is 8.34. The van der Waals surface area contributed by atoms with E-state index in [0.717, 1.165) is 30.5 Å². The van der Waals surface area contributed by atoms with E-state index in [2.05, 4.69) is 40.0 Å². The second-order valence-electron chi connectivity index (χ2n) is 5.62. The minimum Gasteiger partial charge on any atom is -0.311 e. The molecule has 0 saturated carbocycles. The SMILES string of the molecule is CCCC1CNC(CC)CN1Cc1ccc(F)cc1Br. The summed E-state index contributed by atoms with van der Waals surface area (Å²) in [6, 6.07) is 6.16. The zero-order valence-electron chi connectivity index (χ0n) is 12.3. The Bertz CT molecular complexity index is 438. The van der Waals surface area contributed by atoms with Gasteiger partial charge in [0, 0.05) is 36.2 Å². The van der Waals surface area contributed by atoms with Crippen LogP contribution >= 0.6 is 15.9 Å². The van der Waals surface area contributed by atoms with E-state index in [0.29, 0.717) is 12.1 Å². The minimum atomic E-state index is -0.183. The minimum absolute atomic E-state index is 0.183. The smallest absolute Gasteiger partial charge is 0.124 e. The highest BCUT2D eigenvalue weighted by molar-refractivity contribution is 9.10. The highest BCUT2D eigenvalue weighted by Crippen LogP contribution is 2.23. The summed E-state index contributed by atoms with van der Waals surface area (Å²) in [5, 5.41) is 3.63. The molecule has 0 spiro atoms. The van der Waals surface area contributed by atoms with Gasteiger partial charge in [-0.25, -0.2) is 4.39 Å². The zero-order chi connectivity index (χ0) is 14.5. The van der Waals surface area contributed by atoms with E-state index in [4.69, 9.17) is 0 Å². The topological polar surface area (TPSA) is 15.3 Å². The van der Waals surface area contributed by atoms with Gasteiger partial charge in [-0.1, -0.05) is 42.3 Å². The Hall–Kier alpha value is -0.450. The maximum Gasteiger partial charge on any atom is 0.124 e. The van der Waals surface area contributed by atoms with Crippen molar-refractivity contribution in [3.63, 3.8) is 0 Å². The van der Waals surface area contributed by atoms with Crippen LogP contribution in [0.3, 0.4) is 0 Å². The molecule has 0 aliphatic carbocycles. The van der Waals surface area contributed by atoms with Crippen molar-refractivity contribution in [2.75, 3.05) is 13.1 Å². The van der Waals surface area contributed by atoms with Gasteiger partial charge in [0.1, 0.15) is 5.82 Å². The average Bonchev–Trinajstić information content (AvgIpc) is 2.44. The molecular formula is C16H24BrFN2. The van der Waals surface area contributed by atoms with Crippen LogP contribution < -0.4 is 5.32 Å². The lowest BCUT2D eigenvalue weighted by molar-refractivity contribution is 0.113. The van der Waals surface area contributed by atoms with E-state index in [-0.39, 0.29) is 5.82 Å². The molecular weight excluding hydrogens is 319 g/mol. The summed E-state index contributed by atoms with van der Waals surface area (Å²) in [4.78, 5) is 2.55. The molecule has 4 heteroatoms. The molecule has 1 aliphatic rings. The molecule has 112 valence electrons. The first-order chi connectivity index (χ1) is 9.63. The van der Waals surface area contributed by atoms with Crippen LogP contribution in [-0.2, 0) is 6.54 Å². The number of nitrogens with zero attached hydrogens (tertiary/aromatic N) is 1. The molecule has 0 radical (unpaired) electrons. The Morgan fingerprint density at radius 1 is 1.40 bits per heavy atom. The van der Waals surface area contributed by atoms with E-state index in [1.165, 1.54) is 18.4 Å². The molecule has 1 N–H and O–H groups in total. The van der Waals surface area contributed by atoms with Crippen molar-refractivity contribution >= 4 is 15.9 Å². The van der Waals surface area contributed by atoms with Gasteiger partial charge in [-0.3, -0.25) is 4.90 Å². The summed E-state index contributed by atoms with van der Waals surface area (Å²) in [6.07, 6.45) is 3.56. The van der Waals surface area contributed by atoms with Crippen molar-refractivity contribution < 1.29 is 4.39 Å². The van der Waals surface area contributed by atoms with E-state index in [1.54, 1.807) is 12.1 Å². The predicted molar refractivity (Wildman–Crippen MR) is 85.3 cm³/mol. The summed E-state index contributed by atoms with van der Waals surface area (Å²) >= 11 is 3.48. The van der Waals surface area contributed by atoms with Gasteiger partial charge < -0.3 is 5.32 Å². The molecule has 1 saturated heterocycles. The lowest BCUT2D eigenvalue weighted by atomic mass is 10.0. The van der Waals surface area contributed by atoms with Crippen LogP contribution in [0.1, 0.15) is 38.7 Å². The fourth-order valence-electron chi connectivity index (χ4n) is 2.88. The van der Waals surface area contributed by atoms with Gasteiger partial charge in [0.2, 0.25) is 0 Å². The third kappa shape index (κ3) is 4.03. The number of benzene rings is 1. The highest BCUT2D eigenvalue weighted by atomic mass is 79.9. The largest absolute Gasteiger partial charge is 0.311 e. The van der Waals surface area contributed by atoms with Crippen LogP contribution in [-0.4, -0.2) is 30.1 Å². The number of halogens is 2. The third-order valence-electron chi connectivity index (χ3n) is 4.12. The van der Waals surface area contributed by atoms with Gasteiger partial charge in [0.05, 0.1) is 0 Å². The number of hydrogen-bond acceptors (Lipinski definition) is 2. The monoisotopic (exact) mass is 342 g/mol. The van der Waals surface area contributed by atoms with Crippen LogP contribution in [0.5, 0.6) is 0 Å². The van der Waals surface area contributed by atoms with Gasteiger partial charge in [-0.2, -0.15) is 0 Å². The number of piperazine rings is 1. The second-order valence-corrected chi connectivity index (χ2v) is 6.48. The van der Waals surface area contributed by atoms with Gasteiger partial charge in [-0.05, 0) is 30.5 Å². The molecule has 0 bridgehead atoms. The van der Waals surface area contributed by atoms with E-state index >= 15 is 0 Å². The third-order valence-corrected chi connectivity index (χ3v) is 4.85. The Kier molecular flexibility index (Phi) is 6.00. The lowest BCUT2D eigenvalue weighted by Gasteiger charge is -2.40. The Morgan fingerprint density at radius 2 is 2.20 bits per heavy atom. The molecule has 2 nitrogen and oxygen atoms in total. The summed E-state index contributed by atoms with van der Waals surface area (Å²) in [5.74, 6) is -0.183. The Balaban J connectivity index is 2.09. The fourth-order valence-corrected chi connectivity index (χ4v) is 3.36. The van der Waals surface area contributed by atoms with Crippen molar-refractivity contribution in [2.45, 2.75) is 51.7 Å². The fraction of sp³-hybridized carbons (Fsp3) is 0.625. The van der Waals surface area contributed by atoms with Crippen molar-refractivity contribution in [1.82, 2.24) is 10.2 Å². The summed E-state index contributed by atoms with van der Waals surface area (Å²) < 4.78 is 14.1. The molecule has 20 heavy (non-hydrogen) atoms. The standard InChI is InChI=1S/C16H24BrFN2/c1-3-5-15-9-19-14(4-2)11-20(15)10-12-6-7-13(18)8-16(12)17/h6-8,14-15,19H,3-5,9-11H2,1-2H3. The van der Waals surface area contributed by atoms with Gasteiger partial charge in [0.25, 0.3) is 0 Å². The summed E-state index contributed by atoms with van der Waals surface area (Å²) in [5.41, 5.74) is 1.17. The summed E-state index contributed by atoms with van der Waals surface area (Å²) in [6.45, 7) is 7.49. The van der Waals surface area contributed by atoms with Crippen molar-refractivity contribution in [1.29, 1.82) is 0 Å². The average molecular weight is 343 g/mol.